The summed E-state index contributed by atoms with van der Waals surface area (Å²) < 4.78 is 44.4. The van der Waals surface area contributed by atoms with Crippen LogP contribution in [0.15, 0.2) is 53.9 Å². The van der Waals surface area contributed by atoms with E-state index >= 15 is 0 Å². The summed E-state index contributed by atoms with van der Waals surface area (Å²) in [5.41, 5.74) is -0.534. The minimum atomic E-state index is -4.64. The fourth-order valence-corrected chi connectivity index (χ4v) is 3.50. The van der Waals surface area contributed by atoms with Gasteiger partial charge in [0.25, 0.3) is 11.8 Å². The molecule has 0 fully saturated rings. The van der Waals surface area contributed by atoms with Crippen LogP contribution in [0.3, 0.4) is 0 Å². The van der Waals surface area contributed by atoms with Gasteiger partial charge in [0.1, 0.15) is 16.5 Å². The number of hydrogen-bond donors (Lipinski definition) is 2. The number of ether oxygens (including phenoxy) is 1. The monoisotopic (exact) mass is 449 g/mol. The average molecular weight is 449 g/mol. The normalized spacial score (nSPS) is 11.1. The number of rotatable bonds is 7. The van der Waals surface area contributed by atoms with Crippen LogP contribution in [-0.4, -0.2) is 23.9 Å². The third-order valence-corrected chi connectivity index (χ3v) is 5.14. The van der Waals surface area contributed by atoms with Crippen molar-refractivity contribution in [2.24, 2.45) is 0 Å². The highest BCUT2D eigenvalue weighted by Crippen LogP contribution is 2.31. The van der Waals surface area contributed by atoms with Gasteiger partial charge in [-0.05, 0) is 18.2 Å². The summed E-state index contributed by atoms with van der Waals surface area (Å²) in [7, 11) is 1.54. The van der Waals surface area contributed by atoms with Crippen molar-refractivity contribution in [3.05, 3.63) is 81.3 Å². The second kappa shape index (κ2) is 9.61. The summed E-state index contributed by atoms with van der Waals surface area (Å²) in [5.74, 6) is -0.643. The largest absolute Gasteiger partial charge is 0.496 e. The molecule has 0 unspecified atom stereocenters. The topological polar surface area (TPSA) is 80.3 Å². The first-order valence-corrected chi connectivity index (χ1v) is 9.96. The summed E-state index contributed by atoms with van der Waals surface area (Å²) in [6.07, 6.45) is -4.64. The molecule has 2 N–H and O–H groups in total. The van der Waals surface area contributed by atoms with E-state index in [4.69, 9.17) is 4.74 Å². The van der Waals surface area contributed by atoms with Crippen molar-refractivity contribution in [1.29, 1.82) is 0 Å². The highest BCUT2D eigenvalue weighted by molar-refractivity contribution is 7.09. The maximum Gasteiger partial charge on any atom is 0.417 e. The summed E-state index contributed by atoms with van der Waals surface area (Å²) >= 11 is 1.12. The average Bonchev–Trinajstić information content (AvgIpc) is 3.24. The van der Waals surface area contributed by atoms with Crippen molar-refractivity contribution in [2.45, 2.75) is 19.3 Å². The van der Waals surface area contributed by atoms with Crippen LogP contribution in [0.5, 0.6) is 5.75 Å². The first-order chi connectivity index (χ1) is 14.8. The molecule has 0 aliphatic rings. The van der Waals surface area contributed by atoms with Crippen LogP contribution in [-0.2, 0) is 19.3 Å². The molecule has 162 valence electrons. The molecule has 1 heterocycles. The highest BCUT2D eigenvalue weighted by Gasteiger charge is 2.34. The number of carbonyl (C=O) groups is 2. The highest BCUT2D eigenvalue weighted by atomic mass is 32.1. The molecule has 0 atom stereocenters. The van der Waals surface area contributed by atoms with Crippen LogP contribution in [0.25, 0.3) is 0 Å². The SMILES string of the molecule is COc1ccccc1CNC(=O)c1csc(CNC(=O)c2ccccc2C(F)(F)F)n1. The van der Waals surface area contributed by atoms with Crippen LogP contribution < -0.4 is 15.4 Å². The number of amides is 2. The molecule has 2 aromatic carbocycles. The molecule has 0 radical (unpaired) electrons. The maximum absolute atomic E-state index is 13.1. The summed E-state index contributed by atoms with van der Waals surface area (Å²) in [4.78, 5) is 28.7. The summed E-state index contributed by atoms with van der Waals surface area (Å²) in [6, 6.07) is 11.8. The van der Waals surface area contributed by atoms with Crippen molar-refractivity contribution in [1.82, 2.24) is 15.6 Å². The van der Waals surface area contributed by atoms with Crippen molar-refractivity contribution in [2.75, 3.05) is 7.11 Å². The molecule has 0 aliphatic heterocycles. The Morgan fingerprint density at radius 1 is 1.00 bits per heavy atom. The van der Waals surface area contributed by atoms with Crippen LogP contribution in [0.4, 0.5) is 13.2 Å². The Morgan fingerprint density at radius 2 is 1.68 bits per heavy atom. The van der Waals surface area contributed by atoms with Gasteiger partial charge in [0.15, 0.2) is 0 Å². The van der Waals surface area contributed by atoms with Gasteiger partial charge in [0, 0.05) is 17.5 Å². The zero-order valence-electron chi connectivity index (χ0n) is 16.3. The van der Waals surface area contributed by atoms with Gasteiger partial charge in [-0.2, -0.15) is 13.2 Å². The Bertz CT molecular complexity index is 1080. The first kappa shape index (κ1) is 22.3. The van der Waals surface area contributed by atoms with E-state index in [9.17, 15) is 22.8 Å². The predicted octanol–water partition coefficient (Wildman–Crippen LogP) is 4.03. The van der Waals surface area contributed by atoms with E-state index in [0.29, 0.717) is 10.8 Å². The number of methoxy groups -OCH3 is 1. The van der Waals surface area contributed by atoms with E-state index in [1.807, 2.05) is 18.2 Å². The Labute approximate surface area is 180 Å². The number of thiazole rings is 1. The van der Waals surface area contributed by atoms with Crippen molar-refractivity contribution >= 4 is 23.2 Å². The molecule has 0 aliphatic carbocycles. The first-order valence-electron chi connectivity index (χ1n) is 9.08. The van der Waals surface area contributed by atoms with Gasteiger partial charge in [-0.25, -0.2) is 4.98 Å². The Balaban J connectivity index is 1.59. The Hall–Kier alpha value is -3.40. The number of halogens is 3. The number of alkyl halides is 3. The standard InChI is InChI=1S/C21H18F3N3O3S/c1-30-17-9-5-2-6-13(17)10-25-20(29)16-12-31-18(27-16)11-26-19(28)14-7-3-4-8-15(14)21(22,23)24/h2-9,12H,10-11H2,1H3,(H,25,29)(H,26,28). The van der Waals surface area contributed by atoms with Crippen molar-refractivity contribution in [3.8, 4) is 5.75 Å². The molecule has 3 aromatic rings. The fraction of sp³-hybridized carbons (Fsp3) is 0.190. The van der Waals surface area contributed by atoms with Crippen LogP contribution >= 0.6 is 11.3 Å². The molecule has 0 bridgehead atoms. The molecule has 0 spiro atoms. The molecule has 0 saturated heterocycles. The second-order valence-corrected chi connectivity index (χ2v) is 7.29. The van der Waals surface area contributed by atoms with E-state index in [1.165, 1.54) is 24.6 Å². The van der Waals surface area contributed by atoms with E-state index in [-0.39, 0.29) is 18.8 Å². The molecule has 31 heavy (non-hydrogen) atoms. The van der Waals surface area contributed by atoms with E-state index in [0.717, 1.165) is 29.0 Å². The van der Waals surface area contributed by atoms with Crippen LogP contribution in [0.2, 0.25) is 0 Å². The number of carbonyl (C=O) groups excluding carboxylic acids is 2. The molecule has 0 saturated carbocycles. The number of hydrogen-bond acceptors (Lipinski definition) is 5. The van der Waals surface area contributed by atoms with Crippen molar-refractivity contribution in [3.63, 3.8) is 0 Å². The minimum absolute atomic E-state index is 0.102. The summed E-state index contributed by atoms with van der Waals surface area (Å²) in [6.45, 7) is 0.135. The smallest absolute Gasteiger partial charge is 0.417 e. The third-order valence-electron chi connectivity index (χ3n) is 4.29. The fourth-order valence-electron chi connectivity index (χ4n) is 2.79. The van der Waals surface area contributed by atoms with Gasteiger partial charge >= 0.3 is 6.18 Å². The lowest BCUT2D eigenvalue weighted by Gasteiger charge is -2.12. The van der Waals surface area contributed by atoms with E-state index in [1.54, 1.807) is 6.07 Å². The number of nitrogens with one attached hydrogen (secondary N) is 2. The molecular formula is C21H18F3N3O3S. The van der Waals surface area contributed by atoms with Gasteiger partial charge in [-0.15, -0.1) is 11.3 Å². The number of nitrogens with zero attached hydrogens (tertiary/aromatic N) is 1. The zero-order chi connectivity index (χ0) is 22.4. The number of benzene rings is 2. The lowest BCUT2D eigenvalue weighted by Crippen LogP contribution is -2.26. The third kappa shape index (κ3) is 5.60. The molecule has 1 aromatic heterocycles. The summed E-state index contributed by atoms with van der Waals surface area (Å²) in [5, 5.41) is 7.05. The Morgan fingerprint density at radius 3 is 2.42 bits per heavy atom. The molecule has 2 amide bonds. The minimum Gasteiger partial charge on any atom is -0.496 e. The van der Waals surface area contributed by atoms with E-state index in [2.05, 4.69) is 15.6 Å². The van der Waals surface area contributed by atoms with Crippen molar-refractivity contribution < 1.29 is 27.5 Å². The molecule has 10 heteroatoms. The number of aromatic nitrogens is 1. The van der Waals surface area contributed by atoms with Gasteiger partial charge < -0.3 is 15.4 Å². The van der Waals surface area contributed by atoms with E-state index < -0.39 is 29.1 Å². The quantitative estimate of drug-likeness (QED) is 0.571. The lowest BCUT2D eigenvalue weighted by molar-refractivity contribution is -0.137. The van der Waals surface area contributed by atoms with Gasteiger partial charge in [0.2, 0.25) is 0 Å². The Kier molecular flexibility index (Phi) is 6.91. The maximum atomic E-state index is 13.1. The molecular weight excluding hydrogens is 431 g/mol. The molecule has 6 nitrogen and oxygen atoms in total. The molecule has 3 rings (SSSR count). The lowest BCUT2D eigenvalue weighted by atomic mass is 10.1. The second-order valence-electron chi connectivity index (χ2n) is 6.35. The van der Waals surface area contributed by atoms with Gasteiger partial charge in [-0.1, -0.05) is 30.3 Å². The predicted molar refractivity (Wildman–Crippen MR) is 109 cm³/mol. The number of para-hydroxylation sites is 1. The van der Waals surface area contributed by atoms with Gasteiger partial charge in [-0.3, -0.25) is 9.59 Å². The zero-order valence-corrected chi connectivity index (χ0v) is 17.1. The van der Waals surface area contributed by atoms with Crippen LogP contribution in [0, 0.1) is 0 Å². The van der Waals surface area contributed by atoms with Crippen LogP contribution in [0.1, 0.15) is 37.0 Å². The van der Waals surface area contributed by atoms with Gasteiger partial charge in [0.05, 0.1) is 24.8 Å².